The quantitative estimate of drug-likeness (QED) is 0.852. The van der Waals surface area contributed by atoms with Gasteiger partial charge in [-0.1, -0.05) is 36.4 Å². The molecule has 0 aromatic heterocycles. The van der Waals surface area contributed by atoms with Gasteiger partial charge in [-0.3, -0.25) is 4.79 Å². The number of amides is 1. The SMILES string of the molecule is O=C(CN1CC(O)Cc2ccc3ccccc3c21)N1CCCC(C(F)(F)F)C1. The summed E-state index contributed by atoms with van der Waals surface area (Å²) in [5.74, 6) is -1.77. The Kier molecular flexibility index (Phi) is 4.95. The second kappa shape index (κ2) is 7.28. The van der Waals surface area contributed by atoms with Crippen LogP contribution >= 0.6 is 0 Å². The van der Waals surface area contributed by atoms with E-state index < -0.39 is 18.2 Å². The van der Waals surface area contributed by atoms with Crippen LogP contribution in [0.2, 0.25) is 0 Å². The molecule has 2 aliphatic heterocycles. The van der Waals surface area contributed by atoms with Crippen molar-refractivity contribution in [3.8, 4) is 0 Å². The first kappa shape index (κ1) is 19.1. The molecular formula is C21H23F3N2O2. The smallest absolute Gasteiger partial charge is 0.391 e. The van der Waals surface area contributed by atoms with Crippen molar-refractivity contribution in [3.05, 3.63) is 42.0 Å². The zero-order chi connectivity index (χ0) is 19.9. The lowest BCUT2D eigenvalue weighted by molar-refractivity contribution is -0.187. The molecule has 7 heteroatoms. The highest BCUT2D eigenvalue weighted by Gasteiger charge is 2.43. The minimum atomic E-state index is -4.27. The molecular weight excluding hydrogens is 369 g/mol. The Hall–Kier alpha value is -2.28. The summed E-state index contributed by atoms with van der Waals surface area (Å²) in [6, 6.07) is 11.8. The molecule has 150 valence electrons. The number of fused-ring (bicyclic) bond motifs is 3. The van der Waals surface area contributed by atoms with E-state index in [-0.39, 0.29) is 25.4 Å². The summed E-state index contributed by atoms with van der Waals surface area (Å²) in [4.78, 5) is 16.0. The van der Waals surface area contributed by atoms with Gasteiger partial charge in [-0.05, 0) is 23.8 Å². The highest BCUT2D eigenvalue weighted by Crippen LogP contribution is 2.36. The number of likely N-dealkylation sites (tertiary alicyclic amines) is 1. The normalized spacial score (nSPS) is 23.0. The third-order valence-electron chi connectivity index (χ3n) is 5.75. The van der Waals surface area contributed by atoms with Gasteiger partial charge >= 0.3 is 6.18 Å². The lowest BCUT2D eigenvalue weighted by atomic mass is 9.94. The first-order valence-electron chi connectivity index (χ1n) is 9.61. The first-order valence-corrected chi connectivity index (χ1v) is 9.61. The van der Waals surface area contributed by atoms with Crippen LogP contribution in [0.3, 0.4) is 0 Å². The van der Waals surface area contributed by atoms with Gasteiger partial charge in [0.05, 0.1) is 18.6 Å². The van der Waals surface area contributed by atoms with E-state index in [2.05, 4.69) is 0 Å². The molecule has 2 aliphatic rings. The van der Waals surface area contributed by atoms with Crippen LogP contribution in [0.25, 0.3) is 10.8 Å². The van der Waals surface area contributed by atoms with Gasteiger partial charge in [0.2, 0.25) is 5.91 Å². The highest BCUT2D eigenvalue weighted by molar-refractivity contribution is 5.98. The average molecular weight is 392 g/mol. The van der Waals surface area contributed by atoms with Crippen LogP contribution in [-0.4, -0.2) is 54.4 Å². The third-order valence-corrected chi connectivity index (χ3v) is 5.75. The van der Waals surface area contributed by atoms with Gasteiger partial charge in [0.1, 0.15) is 0 Å². The van der Waals surface area contributed by atoms with E-state index in [4.69, 9.17) is 0 Å². The van der Waals surface area contributed by atoms with E-state index in [0.717, 1.165) is 22.0 Å². The number of nitrogens with zero attached hydrogens (tertiary/aromatic N) is 2. The Morgan fingerprint density at radius 3 is 2.71 bits per heavy atom. The molecule has 4 rings (SSSR count). The fraction of sp³-hybridized carbons (Fsp3) is 0.476. The monoisotopic (exact) mass is 392 g/mol. The number of piperidine rings is 1. The molecule has 0 bridgehead atoms. The molecule has 0 spiro atoms. The molecule has 2 unspecified atom stereocenters. The van der Waals surface area contributed by atoms with Crippen LogP contribution in [0, 0.1) is 5.92 Å². The molecule has 2 aromatic rings. The van der Waals surface area contributed by atoms with Crippen LogP contribution in [0.5, 0.6) is 0 Å². The summed E-state index contributed by atoms with van der Waals surface area (Å²) in [5.41, 5.74) is 1.86. The summed E-state index contributed by atoms with van der Waals surface area (Å²) < 4.78 is 39.2. The summed E-state index contributed by atoms with van der Waals surface area (Å²) in [6.07, 6.45) is -3.94. The zero-order valence-corrected chi connectivity index (χ0v) is 15.5. The summed E-state index contributed by atoms with van der Waals surface area (Å²) in [6.45, 7) is 0.344. The van der Waals surface area contributed by atoms with E-state index in [1.807, 2.05) is 41.3 Å². The van der Waals surface area contributed by atoms with Gasteiger partial charge in [0, 0.05) is 37.1 Å². The summed E-state index contributed by atoms with van der Waals surface area (Å²) >= 11 is 0. The number of aliphatic hydroxyl groups excluding tert-OH is 1. The van der Waals surface area contributed by atoms with Crippen LogP contribution in [0.4, 0.5) is 18.9 Å². The van der Waals surface area contributed by atoms with Gasteiger partial charge in [0.15, 0.2) is 0 Å². The number of hydrogen-bond acceptors (Lipinski definition) is 3. The third kappa shape index (κ3) is 3.68. The fourth-order valence-electron chi connectivity index (χ4n) is 4.38. The van der Waals surface area contributed by atoms with Crippen molar-refractivity contribution in [2.45, 2.75) is 31.5 Å². The molecule has 1 amide bonds. The number of alkyl halides is 3. The largest absolute Gasteiger partial charge is 0.393 e. The van der Waals surface area contributed by atoms with E-state index in [1.54, 1.807) is 0 Å². The van der Waals surface area contributed by atoms with Crippen molar-refractivity contribution in [1.82, 2.24) is 4.90 Å². The Morgan fingerprint density at radius 2 is 1.93 bits per heavy atom. The molecule has 2 heterocycles. The number of carbonyl (C=O) groups excluding carboxylic acids is 1. The second-order valence-corrected chi connectivity index (χ2v) is 7.75. The van der Waals surface area contributed by atoms with Gasteiger partial charge in [0.25, 0.3) is 0 Å². The maximum absolute atomic E-state index is 13.1. The number of halogens is 3. The Balaban J connectivity index is 1.59. The number of benzene rings is 2. The second-order valence-electron chi connectivity index (χ2n) is 7.75. The summed E-state index contributed by atoms with van der Waals surface area (Å²) in [5, 5.41) is 12.3. The highest BCUT2D eigenvalue weighted by atomic mass is 19.4. The molecule has 0 saturated carbocycles. The van der Waals surface area contributed by atoms with Crippen molar-refractivity contribution in [2.24, 2.45) is 5.92 Å². The van der Waals surface area contributed by atoms with Crippen molar-refractivity contribution < 1.29 is 23.1 Å². The van der Waals surface area contributed by atoms with Crippen LogP contribution in [0.15, 0.2) is 36.4 Å². The van der Waals surface area contributed by atoms with Crippen LogP contribution < -0.4 is 4.90 Å². The number of carbonyl (C=O) groups is 1. The summed E-state index contributed by atoms with van der Waals surface area (Å²) in [7, 11) is 0. The van der Waals surface area contributed by atoms with E-state index >= 15 is 0 Å². The number of hydrogen-bond donors (Lipinski definition) is 1. The average Bonchev–Trinajstić information content (AvgIpc) is 2.66. The van der Waals surface area contributed by atoms with Crippen LogP contribution in [0.1, 0.15) is 18.4 Å². The molecule has 1 saturated heterocycles. The van der Waals surface area contributed by atoms with E-state index in [1.165, 1.54) is 4.90 Å². The van der Waals surface area contributed by atoms with Crippen molar-refractivity contribution in [2.75, 3.05) is 31.1 Å². The molecule has 0 radical (unpaired) electrons. The maximum Gasteiger partial charge on any atom is 0.393 e. The standard InChI is InChI=1S/C21H23F3N2O2/c22-21(23,24)16-5-3-9-25(11-16)19(28)13-26-12-17(27)10-15-8-7-14-4-1-2-6-18(14)20(15)26/h1-2,4,6-8,16-17,27H,3,5,9-13H2. The molecule has 2 aromatic carbocycles. The zero-order valence-electron chi connectivity index (χ0n) is 15.5. The Morgan fingerprint density at radius 1 is 1.14 bits per heavy atom. The molecule has 1 fully saturated rings. The maximum atomic E-state index is 13.1. The number of β-amino-alcohol motifs (C(OH)–C–C–N with tert-alkyl or cyclic N) is 1. The van der Waals surface area contributed by atoms with Gasteiger partial charge in [-0.2, -0.15) is 13.2 Å². The molecule has 2 atom stereocenters. The predicted octanol–water partition coefficient (Wildman–Crippen LogP) is 3.36. The van der Waals surface area contributed by atoms with E-state index in [9.17, 15) is 23.1 Å². The Bertz CT molecular complexity index is 884. The molecule has 4 nitrogen and oxygen atoms in total. The van der Waals surface area contributed by atoms with Crippen molar-refractivity contribution >= 4 is 22.4 Å². The Labute approximate surface area is 161 Å². The number of aliphatic hydroxyl groups is 1. The van der Waals surface area contributed by atoms with Gasteiger partial charge in [-0.25, -0.2) is 0 Å². The number of rotatable bonds is 2. The van der Waals surface area contributed by atoms with Crippen molar-refractivity contribution in [1.29, 1.82) is 0 Å². The number of anilines is 1. The lowest BCUT2D eigenvalue weighted by Gasteiger charge is -2.38. The first-order chi connectivity index (χ1) is 13.3. The fourth-order valence-corrected chi connectivity index (χ4v) is 4.38. The van der Waals surface area contributed by atoms with E-state index in [0.29, 0.717) is 25.9 Å². The molecule has 1 N–H and O–H groups in total. The van der Waals surface area contributed by atoms with Crippen LogP contribution in [-0.2, 0) is 11.2 Å². The topological polar surface area (TPSA) is 43.8 Å². The van der Waals surface area contributed by atoms with Crippen molar-refractivity contribution in [3.63, 3.8) is 0 Å². The minimum Gasteiger partial charge on any atom is -0.391 e. The predicted molar refractivity (Wildman–Crippen MR) is 101 cm³/mol. The molecule has 28 heavy (non-hydrogen) atoms. The van der Waals surface area contributed by atoms with Gasteiger partial charge in [-0.15, -0.1) is 0 Å². The lowest BCUT2D eigenvalue weighted by Crippen LogP contribution is -2.50. The minimum absolute atomic E-state index is 0.0252. The van der Waals surface area contributed by atoms with Gasteiger partial charge < -0.3 is 14.9 Å². The molecule has 0 aliphatic carbocycles.